The predicted molar refractivity (Wildman–Crippen MR) is 119 cm³/mol. The highest BCUT2D eigenvalue weighted by Gasteiger charge is 2.29. The van der Waals surface area contributed by atoms with Crippen LogP contribution in [0.15, 0.2) is 40.2 Å². The standard InChI is InChI=1S/C19H19BrN4O3S2/c20-12-3-4-14-16(10-12)29-18(21-14)24-7-5-23(6-8-24)17(25)15(22-19(26)27)11-13-2-1-9-28-13/h1-4,9-10,15,22H,5-8,11H2,(H,26,27). The molecule has 1 saturated heterocycles. The van der Waals surface area contributed by atoms with Gasteiger partial charge in [-0.25, -0.2) is 9.78 Å². The van der Waals surface area contributed by atoms with Crippen molar-refractivity contribution >= 4 is 66.0 Å². The second kappa shape index (κ2) is 8.68. The third-order valence-electron chi connectivity index (χ3n) is 4.78. The van der Waals surface area contributed by atoms with E-state index < -0.39 is 12.1 Å². The Labute approximate surface area is 184 Å². The Kier molecular flexibility index (Phi) is 6.02. The van der Waals surface area contributed by atoms with Crippen LogP contribution in [-0.4, -0.2) is 59.2 Å². The Bertz CT molecular complexity index is 1020. The largest absolute Gasteiger partial charge is 0.465 e. The lowest BCUT2D eigenvalue weighted by Crippen LogP contribution is -2.55. The molecule has 29 heavy (non-hydrogen) atoms. The number of nitrogens with one attached hydrogen (secondary N) is 1. The number of anilines is 1. The van der Waals surface area contributed by atoms with Crippen molar-refractivity contribution in [2.24, 2.45) is 0 Å². The summed E-state index contributed by atoms with van der Waals surface area (Å²) in [4.78, 5) is 33.7. The number of nitrogens with zero attached hydrogens (tertiary/aromatic N) is 3. The molecular weight excluding hydrogens is 476 g/mol. The average molecular weight is 495 g/mol. The zero-order valence-corrected chi connectivity index (χ0v) is 18.6. The summed E-state index contributed by atoms with van der Waals surface area (Å²) in [6.07, 6.45) is -0.811. The third-order valence-corrected chi connectivity index (χ3v) is 7.25. The van der Waals surface area contributed by atoms with E-state index >= 15 is 0 Å². The molecule has 10 heteroatoms. The van der Waals surface area contributed by atoms with Crippen LogP contribution in [0.4, 0.5) is 9.93 Å². The fourth-order valence-corrected chi connectivity index (χ4v) is 5.66. The number of thiazole rings is 1. The molecule has 0 bridgehead atoms. The van der Waals surface area contributed by atoms with Gasteiger partial charge in [0, 0.05) is 41.9 Å². The van der Waals surface area contributed by atoms with E-state index in [9.17, 15) is 9.59 Å². The van der Waals surface area contributed by atoms with E-state index in [1.807, 2.05) is 29.6 Å². The first-order valence-corrected chi connectivity index (χ1v) is 11.6. The highest BCUT2D eigenvalue weighted by Crippen LogP contribution is 2.31. The molecule has 1 aliphatic heterocycles. The summed E-state index contributed by atoms with van der Waals surface area (Å²) in [5.74, 6) is -0.173. The Morgan fingerprint density at radius 2 is 2.03 bits per heavy atom. The van der Waals surface area contributed by atoms with Gasteiger partial charge in [-0.2, -0.15) is 0 Å². The number of rotatable bonds is 5. The summed E-state index contributed by atoms with van der Waals surface area (Å²) >= 11 is 6.65. The molecule has 152 valence electrons. The van der Waals surface area contributed by atoms with E-state index in [-0.39, 0.29) is 5.91 Å². The minimum absolute atomic E-state index is 0.173. The molecule has 7 nitrogen and oxygen atoms in total. The smallest absolute Gasteiger partial charge is 0.405 e. The molecule has 3 heterocycles. The second-order valence-corrected chi connectivity index (χ2v) is 9.66. The number of carbonyl (C=O) groups excluding carboxylic acids is 1. The second-order valence-electron chi connectivity index (χ2n) is 6.71. The molecule has 4 rings (SSSR count). The maximum absolute atomic E-state index is 12.9. The fourth-order valence-electron chi connectivity index (χ4n) is 3.34. The summed E-state index contributed by atoms with van der Waals surface area (Å²) in [7, 11) is 0. The number of piperazine rings is 1. The van der Waals surface area contributed by atoms with Gasteiger partial charge >= 0.3 is 6.09 Å². The number of halogens is 1. The maximum atomic E-state index is 12.9. The summed E-state index contributed by atoms with van der Waals surface area (Å²) in [5.41, 5.74) is 0.966. The van der Waals surface area contributed by atoms with Gasteiger partial charge in [0.1, 0.15) is 6.04 Å². The van der Waals surface area contributed by atoms with E-state index in [4.69, 9.17) is 10.1 Å². The van der Waals surface area contributed by atoms with Gasteiger partial charge < -0.3 is 20.2 Å². The first-order chi connectivity index (χ1) is 14.0. The van der Waals surface area contributed by atoms with Crippen molar-refractivity contribution in [3.8, 4) is 0 Å². The average Bonchev–Trinajstić information content (AvgIpc) is 3.36. The molecule has 2 amide bonds. The molecule has 2 aromatic heterocycles. The van der Waals surface area contributed by atoms with Gasteiger partial charge in [-0.3, -0.25) is 4.79 Å². The van der Waals surface area contributed by atoms with E-state index in [0.29, 0.717) is 32.6 Å². The zero-order chi connectivity index (χ0) is 20.4. The van der Waals surface area contributed by atoms with E-state index in [0.717, 1.165) is 24.7 Å². The lowest BCUT2D eigenvalue weighted by molar-refractivity contribution is -0.133. The van der Waals surface area contributed by atoms with Crippen LogP contribution in [0.1, 0.15) is 4.88 Å². The Morgan fingerprint density at radius 3 is 2.72 bits per heavy atom. The number of carboxylic acid groups (broad SMARTS) is 1. The van der Waals surface area contributed by atoms with Gasteiger partial charge in [-0.1, -0.05) is 33.3 Å². The number of amides is 2. The number of fused-ring (bicyclic) bond motifs is 1. The van der Waals surface area contributed by atoms with Crippen LogP contribution in [0, 0.1) is 0 Å². The number of carbonyl (C=O) groups is 2. The van der Waals surface area contributed by atoms with Crippen molar-refractivity contribution in [2.75, 3.05) is 31.1 Å². The minimum atomic E-state index is -1.18. The quantitative estimate of drug-likeness (QED) is 0.565. The van der Waals surface area contributed by atoms with Crippen LogP contribution >= 0.6 is 38.6 Å². The number of hydrogen-bond acceptors (Lipinski definition) is 6. The topological polar surface area (TPSA) is 85.8 Å². The normalized spacial score (nSPS) is 15.5. The summed E-state index contributed by atoms with van der Waals surface area (Å²) in [5, 5.41) is 14.4. The molecule has 0 radical (unpaired) electrons. The third kappa shape index (κ3) is 4.71. The molecule has 0 aliphatic carbocycles. The van der Waals surface area contributed by atoms with Crippen molar-refractivity contribution in [1.29, 1.82) is 0 Å². The molecular formula is C19H19BrN4O3S2. The number of thiophene rings is 1. The fraction of sp³-hybridized carbons (Fsp3) is 0.316. The highest BCUT2D eigenvalue weighted by molar-refractivity contribution is 9.10. The Morgan fingerprint density at radius 1 is 1.24 bits per heavy atom. The number of aromatic nitrogens is 1. The highest BCUT2D eigenvalue weighted by atomic mass is 79.9. The molecule has 0 saturated carbocycles. The van der Waals surface area contributed by atoms with Crippen molar-refractivity contribution in [1.82, 2.24) is 15.2 Å². The van der Waals surface area contributed by atoms with Crippen molar-refractivity contribution in [2.45, 2.75) is 12.5 Å². The lowest BCUT2D eigenvalue weighted by Gasteiger charge is -2.36. The number of benzene rings is 1. The zero-order valence-electron chi connectivity index (χ0n) is 15.4. The van der Waals surface area contributed by atoms with Gasteiger partial charge in [-0.15, -0.1) is 11.3 Å². The first-order valence-electron chi connectivity index (χ1n) is 9.11. The molecule has 1 aromatic carbocycles. The molecule has 2 N–H and O–H groups in total. The monoisotopic (exact) mass is 494 g/mol. The van der Waals surface area contributed by atoms with Crippen molar-refractivity contribution in [3.63, 3.8) is 0 Å². The Hall–Kier alpha value is -2.17. The number of hydrogen-bond donors (Lipinski definition) is 2. The minimum Gasteiger partial charge on any atom is -0.465 e. The summed E-state index contributed by atoms with van der Waals surface area (Å²) < 4.78 is 2.15. The van der Waals surface area contributed by atoms with Crippen LogP contribution in [0.2, 0.25) is 0 Å². The van der Waals surface area contributed by atoms with Crippen LogP contribution < -0.4 is 10.2 Å². The van der Waals surface area contributed by atoms with Gasteiger partial charge in [0.25, 0.3) is 0 Å². The van der Waals surface area contributed by atoms with Gasteiger partial charge in [0.15, 0.2) is 5.13 Å². The summed E-state index contributed by atoms with van der Waals surface area (Å²) in [6, 6.07) is 9.08. The Balaban J connectivity index is 1.41. The van der Waals surface area contributed by atoms with E-state index in [2.05, 4.69) is 32.2 Å². The first kappa shape index (κ1) is 20.1. The maximum Gasteiger partial charge on any atom is 0.405 e. The molecule has 3 aromatic rings. The van der Waals surface area contributed by atoms with Crippen LogP contribution in [-0.2, 0) is 11.2 Å². The molecule has 1 fully saturated rings. The van der Waals surface area contributed by atoms with Gasteiger partial charge in [0.2, 0.25) is 5.91 Å². The van der Waals surface area contributed by atoms with Gasteiger partial charge in [-0.05, 0) is 29.6 Å². The molecule has 0 spiro atoms. The van der Waals surface area contributed by atoms with Crippen LogP contribution in [0.25, 0.3) is 10.2 Å². The van der Waals surface area contributed by atoms with E-state index in [1.54, 1.807) is 16.2 Å². The molecule has 1 atom stereocenters. The molecule has 1 unspecified atom stereocenters. The van der Waals surface area contributed by atoms with Crippen LogP contribution in [0.5, 0.6) is 0 Å². The molecule has 1 aliphatic rings. The predicted octanol–water partition coefficient (Wildman–Crippen LogP) is 3.65. The lowest BCUT2D eigenvalue weighted by atomic mass is 10.1. The van der Waals surface area contributed by atoms with Gasteiger partial charge in [0.05, 0.1) is 10.2 Å². The van der Waals surface area contributed by atoms with E-state index in [1.165, 1.54) is 11.3 Å². The van der Waals surface area contributed by atoms with Crippen molar-refractivity contribution < 1.29 is 14.7 Å². The SMILES string of the molecule is O=C(O)NC(Cc1cccs1)C(=O)N1CCN(c2nc3ccc(Br)cc3s2)CC1. The van der Waals surface area contributed by atoms with Crippen LogP contribution in [0.3, 0.4) is 0 Å². The summed E-state index contributed by atoms with van der Waals surface area (Å²) in [6.45, 7) is 2.43. The van der Waals surface area contributed by atoms with Crippen molar-refractivity contribution in [3.05, 3.63) is 45.1 Å².